The van der Waals surface area contributed by atoms with Crippen LogP contribution in [-0.2, 0) is 4.79 Å². The Labute approximate surface area is 168 Å². The third kappa shape index (κ3) is 6.03. The van der Waals surface area contributed by atoms with Gasteiger partial charge in [0.2, 0.25) is 0 Å². The molecule has 0 radical (unpaired) electrons. The zero-order chi connectivity index (χ0) is 20.7. The number of methoxy groups -OCH3 is 1. The summed E-state index contributed by atoms with van der Waals surface area (Å²) in [6, 6.07) is 9.61. The number of hydrogen-bond donors (Lipinski definition) is 0. The average Bonchev–Trinajstić information content (AvgIpc) is 2.66. The summed E-state index contributed by atoms with van der Waals surface area (Å²) in [6.07, 6.45) is 2.91. The third-order valence-electron chi connectivity index (χ3n) is 3.51. The van der Waals surface area contributed by atoms with E-state index >= 15 is 0 Å². The number of carbonyl (C=O) groups is 2. The number of ketones is 1. The predicted octanol–water partition coefficient (Wildman–Crippen LogP) is 3.16. The maximum atomic E-state index is 12.4. The molecule has 0 fully saturated rings. The van der Waals surface area contributed by atoms with E-state index in [1.54, 1.807) is 36.4 Å². The van der Waals surface area contributed by atoms with Gasteiger partial charge >= 0.3 is 0 Å². The van der Waals surface area contributed by atoms with Crippen molar-refractivity contribution in [1.82, 2.24) is 0 Å². The topological polar surface area (TPSA) is 84.9 Å². The van der Waals surface area contributed by atoms with Crippen LogP contribution < -0.4 is 19.3 Å². The smallest absolute Gasteiger partial charge is 0.185 e. The van der Waals surface area contributed by atoms with Crippen LogP contribution in [0.4, 0.5) is 0 Å². The van der Waals surface area contributed by atoms with Gasteiger partial charge < -0.3 is 24.1 Å². The van der Waals surface area contributed by atoms with E-state index in [1.165, 1.54) is 19.3 Å². The van der Waals surface area contributed by atoms with Crippen molar-refractivity contribution >= 4 is 29.4 Å². The first-order valence-electron chi connectivity index (χ1n) is 8.49. The molecule has 0 N–H and O–H groups in total. The van der Waals surface area contributed by atoms with Crippen LogP contribution in [0, 0.1) is 0 Å². The van der Waals surface area contributed by atoms with E-state index in [4.69, 9.17) is 25.8 Å². The lowest BCUT2D eigenvalue weighted by molar-refractivity contribution is -0.307. The molecule has 148 valence electrons. The number of hydrogen-bond acceptors (Lipinski definition) is 6. The molecule has 0 spiro atoms. The van der Waals surface area contributed by atoms with Crippen LogP contribution in [0.25, 0.3) is 6.08 Å². The zero-order valence-electron chi connectivity index (χ0n) is 15.7. The number of rotatable bonds is 9. The molecular formula is C21H20ClO6-. The van der Waals surface area contributed by atoms with Crippen LogP contribution in [0.3, 0.4) is 0 Å². The van der Waals surface area contributed by atoms with Crippen molar-refractivity contribution in [3.63, 3.8) is 0 Å². The summed E-state index contributed by atoms with van der Waals surface area (Å²) in [7, 11) is 1.51. The summed E-state index contributed by atoms with van der Waals surface area (Å²) in [5, 5.41) is 10.8. The molecule has 28 heavy (non-hydrogen) atoms. The lowest BCUT2D eigenvalue weighted by atomic mass is 10.1. The van der Waals surface area contributed by atoms with Gasteiger partial charge in [0, 0.05) is 5.56 Å². The number of aliphatic carboxylic acids is 1. The van der Waals surface area contributed by atoms with Crippen LogP contribution in [0.1, 0.15) is 29.8 Å². The van der Waals surface area contributed by atoms with Crippen LogP contribution in [0.2, 0.25) is 5.02 Å². The van der Waals surface area contributed by atoms with Crippen molar-refractivity contribution in [2.24, 2.45) is 0 Å². The Hall–Kier alpha value is -2.99. The molecule has 0 amide bonds. The predicted molar refractivity (Wildman–Crippen MR) is 104 cm³/mol. The highest BCUT2D eigenvalue weighted by atomic mass is 35.5. The molecular weight excluding hydrogens is 384 g/mol. The van der Waals surface area contributed by atoms with Crippen LogP contribution in [0.5, 0.6) is 17.2 Å². The van der Waals surface area contributed by atoms with Crippen molar-refractivity contribution < 1.29 is 28.9 Å². The molecule has 0 heterocycles. The SMILES string of the molecule is COc1cc(/C=C/C(=O)c2cccc(OCC(=O)[O-])c2)cc(Cl)c1OC(C)C. The van der Waals surface area contributed by atoms with Gasteiger partial charge in [-0.2, -0.15) is 0 Å². The minimum Gasteiger partial charge on any atom is -0.546 e. The normalized spacial score (nSPS) is 10.9. The van der Waals surface area contributed by atoms with E-state index in [0.717, 1.165) is 0 Å². The molecule has 0 aromatic heterocycles. The van der Waals surface area contributed by atoms with Gasteiger partial charge in [-0.3, -0.25) is 4.79 Å². The second kappa shape index (κ2) is 9.80. The number of allylic oxidation sites excluding steroid dienone is 1. The zero-order valence-corrected chi connectivity index (χ0v) is 16.5. The second-order valence-electron chi connectivity index (χ2n) is 6.09. The summed E-state index contributed by atoms with van der Waals surface area (Å²) >= 11 is 6.28. The number of halogens is 1. The molecule has 2 rings (SSSR count). The summed E-state index contributed by atoms with van der Waals surface area (Å²) in [6.45, 7) is 3.18. The Morgan fingerprint density at radius 2 is 1.96 bits per heavy atom. The van der Waals surface area contributed by atoms with E-state index in [-0.39, 0.29) is 17.6 Å². The van der Waals surface area contributed by atoms with Gasteiger partial charge in [-0.15, -0.1) is 0 Å². The highest BCUT2D eigenvalue weighted by molar-refractivity contribution is 6.32. The molecule has 7 heteroatoms. The Morgan fingerprint density at radius 1 is 1.21 bits per heavy atom. The largest absolute Gasteiger partial charge is 0.546 e. The van der Waals surface area contributed by atoms with Gasteiger partial charge in [0.15, 0.2) is 17.3 Å². The molecule has 2 aromatic rings. The first-order valence-corrected chi connectivity index (χ1v) is 8.87. The monoisotopic (exact) mass is 403 g/mol. The highest BCUT2D eigenvalue weighted by Gasteiger charge is 2.13. The molecule has 2 aromatic carbocycles. The maximum absolute atomic E-state index is 12.4. The Kier molecular flexibility index (Phi) is 7.46. The molecule has 0 saturated carbocycles. The molecule has 0 atom stereocenters. The molecule has 0 aliphatic rings. The van der Waals surface area contributed by atoms with Crippen LogP contribution in [0.15, 0.2) is 42.5 Å². The number of carboxylic acid groups (broad SMARTS) is 1. The van der Waals surface area contributed by atoms with Crippen molar-refractivity contribution in [2.75, 3.05) is 13.7 Å². The maximum Gasteiger partial charge on any atom is 0.185 e. The number of benzene rings is 2. The third-order valence-corrected chi connectivity index (χ3v) is 3.79. The fraction of sp³-hybridized carbons (Fsp3) is 0.238. The minimum absolute atomic E-state index is 0.0687. The first kappa shape index (κ1) is 21.3. The molecule has 0 bridgehead atoms. The fourth-order valence-corrected chi connectivity index (χ4v) is 2.60. The van der Waals surface area contributed by atoms with Crippen molar-refractivity contribution in [3.8, 4) is 17.2 Å². The Bertz CT molecular complexity index is 888. The Balaban J connectivity index is 2.19. The lowest BCUT2D eigenvalue weighted by Gasteiger charge is -2.15. The van der Waals surface area contributed by atoms with Crippen LogP contribution in [-0.4, -0.2) is 31.6 Å². The summed E-state index contributed by atoms with van der Waals surface area (Å²) in [4.78, 5) is 22.9. The second-order valence-corrected chi connectivity index (χ2v) is 6.49. The van der Waals surface area contributed by atoms with E-state index in [9.17, 15) is 14.7 Å². The van der Waals surface area contributed by atoms with E-state index in [1.807, 2.05) is 13.8 Å². The van der Waals surface area contributed by atoms with Gasteiger partial charge in [-0.05, 0) is 49.8 Å². The van der Waals surface area contributed by atoms with Crippen molar-refractivity contribution in [1.29, 1.82) is 0 Å². The van der Waals surface area contributed by atoms with Gasteiger partial charge in [0.1, 0.15) is 12.4 Å². The minimum atomic E-state index is -1.34. The number of carbonyl (C=O) groups excluding carboxylic acids is 2. The Morgan fingerprint density at radius 3 is 2.61 bits per heavy atom. The average molecular weight is 404 g/mol. The molecule has 0 aliphatic carbocycles. The van der Waals surface area contributed by atoms with Gasteiger partial charge in [0.25, 0.3) is 0 Å². The standard InChI is InChI=1S/C21H21ClO6/c1-13(2)28-21-17(22)9-14(10-19(21)26-3)7-8-18(23)15-5-4-6-16(11-15)27-12-20(24)25/h4-11,13H,12H2,1-3H3,(H,24,25)/p-1/b8-7+. The first-order chi connectivity index (χ1) is 13.3. The fourth-order valence-electron chi connectivity index (χ4n) is 2.34. The lowest BCUT2D eigenvalue weighted by Crippen LogP contribution is -2.28. The van der Waals surface area contributed by atoms with Gasteiger partial charge in [0.05, 0.1) is 24.2 Å². The van der Waals surface area contributed by atoms with E-state index in [0.29, 0.717) is 27.6 Å². The van der Waals surface area contributed by atoms with Gasteiger partial charge in [-0.25, -0.2) is 0 Å². The molecule has 0 aliphatic heterocycles. The number of carboxylic acids is 1. The van der Waals surface area contributed by atoms with Gasteiger partial charge in [-0.1, -0.05) is 29.8 Å². The van der Waals surface area contributed by atoms with Crippen LogP contribution >= 0.6 is 11.6 Å². The number of ether oxygens (including phenoxy) is 3. The summed E-state index contributed by atoms with van der Waals surface area (Å²) in [5.41, 5.74) is 1.01. The molecule has 6 nitrogen and oxygen atoms in total. The van der Waals surface area contributed by atoms with Crippen molar-refractivity contribution in [2.45, 2.75) is 20.0 Å². The van der Waals surface area contributed by atoms with E-state index < -0.39 is 12.6 Å². The highest BCUT2D eigenvalue weighted by Crippen LogP contribution is 2.37. The van der Waals surface area contributed by atoms with Crippen molar-refractivity contribution in [3.05, 3.63) is 58.6 Å². The molecule has 0 unspecified atom stereocenters. The summed E-state index contributed by atoms with van der Waals surface area (Å²) < 4.78 is 16.0. The summed E-state index contributed by atoms with van der Waals surface area (Å²) in [5.74, 6) is -0.446. The quantitative estimate of drug-likeness (QED) is 0.472. The van der Waals surface area contributed by atoms with E-state index in [2.05, 4.69) is 0 Å². The molecule has 0 saturated heterocycles.